The lowest BCUT2D eigenvalue weighted by Gasteiger charge is -2.12. The third kappa shape index (κ3) is 9.50. The van der Waals surface area contributed by atoms with Crippen LogP contribution in [0.5, 0.6) is 0 Å². The zero-order valence-corrected chi connectivity index (χ0v) is 14.2. The molecule has 0 atom stereocenters. The van der Waals surface area contributed by atoms with Crippen LogP contribution >= 0.6 is 0 Å². The zero-order valence-electron chi connectivity index (χ0n) is 14.2. The van der Waals surface area contributed by atoms with E-state index in [-0.39, 0.29) is 13.2 Å². The van der Waals surface area contributed by atoms with E-state index in [1.54, 1.807) is 0 Å². The Morgan fingerprint density at radius 2 is 1.69 bits per heavy atom. The van der Waals surface area contributed by atoms with Gasteiger partial charge < -0.3 is 15.4 Å². The van der Waals surface area contributed by atoms with E-state index in [0.29, 0.717) is 31.0 Å². The summed E-state index contributed by atoms with van der Waals surface area (Å²) in [4.78, 5) is 4.22. The first kappa shape index (κ1) is 22.1. The summed E-state index contributed by atoms with van der Waals surface area (Å²) in [6.07, 6.45) is -8.38. The number of ether oxygens (including phenoxy) is 1. The molecule has 0 spiro atoms. The van der Waals surface area contributed by atoms with Crippen LogP contribution in [0, 0.1) is 0 Å². The number of hydrogen-bond donors (Lipinski definition) is 2. The molecule has 10 heteroatoms. The first-order valence-electron chi connectivity index (χ1n) is 7.94. The molecule has 0 saturated carbocycles. The summed E-state index contributed by atoms with van der Waals surface area (Å²) in [7, 11) is 0. The number of benzene rings is 1. The van der Waals surface area contributed by atoms with Crippen molar-refractivity contribution < 1.29 is 31.1 Å². The van der Waals surface area contributed by atoms with Crippen LogP contribution in [0.4, 0.5) is 26.3 Å². The molecule has 0 aliphatic heterocycles. The van der Waals surface area contributed by atoms with Crippen molar-refractivity contribution in [2.45, 2.75) is 32.2 Å². The summed E-state index contributed by atoms with van der Waals surface area (Å²) in [6.45, 7) is 1.57. The standard InChI is InChI=1S/C16H21F6N3O/c1-2-23-14(24-8-3-9-26-11-15(17,18)19)25-10-12-4-6-13(7-5-12)16(20,21)22/h4-7H,2-3,8-11H2,1H3,(H2,23,24,25). The van der Waals surface area contributed by atoms with Gasteiger partial charge >= 0.3 is 12.4 Å². The van der Waals surface area contributed by atoms with Crippen LogP contribution in [0.1, 0.15) is 24.5 Å². The van der Waals surface area contributed by atoms with Crippen molar-refractivity contribution in [3.05, 3.63) is 35.4 Å². The molecule has 1 aromatic rings. The highest BCUT2D eigenvalue weighted by molar-refractivity contribution is 5.79. The van der Waals surface area contributed by atoms with Gasteiger partial charge in [-0.25, -0.2) is 4.99 Å². The number of alkyl halides is 6. The average molecular weight is 385 g/mol. The van der Waals surface area contributed by atoms with Gasteiger partial charge in [0.1, 0.15) is 6.61 Å². The second-order valence-electron chi connectivity index (χ2n) is 5.34. The number of hydrogen-bond acceptors (Lipinski definition) is 2. The molecule has 0 unspecified atom stereocenters. The minimum atomic E-state index is -4.38. The highest BCUT2D eigenvalue weighted by atomic mass is 19.4. The van der Waals surface area contributed by atoms with E-state index in [9.17, 15) is 26.3 Å². The normalized spacial score (nSPS) is 13.0. The molecule has 1 aromatic carbocycles. The van der Waals surface area contributed by atoms with Gasteiger partial charge in [-0.2, -0.15) is 26.3 Å². The summed E-state index contributed by atoms with van der Waals surface area (Å²) in [5.74, 6) is 0.420. The molecule has 0 fully saturated rings. The Balaban J connectivity index is 2.43. The topological polar surface area (TPSA) is 45.7 Å². The fourth-order valence-corrected chi connectivity index (χ4v) is 1.88. The van der Waals surface area contributed by atoms with Gasteiger partial charge in [-0.3, -0.25) is 0 Å². The van der Waals surface area contributed by atoms with Gasteiger partial charge in [0, 0.05) is 19.7 Å². The number of nitrogens with one attached hydrogen (secondary N) is 2. The first-order valence-corrected chi connectivity index (χ1v) is 7.94. The maximum Gasteiger partial charge on any atom is 0.416 e. The first-order chi connectivity index (χ1) is 12.1. The van der Waals surface area contributed by atoms with Crippen LogP contribution < -0.4 is 10.6 Å². The summed E-state index contributed by atoms with van der Waals surface area (Å²) < 4.78 is 77.8. The van der Waals surface area contributed by atoms with E-state index in [2.05, 4.69) is 20.4 Å². The number of rotatable bonds is 8. The molecule has 26 heavy (non-hydrogen) atoms. The Labute approximate surface area is 147 Å². The van der Waals surface area contributed by atoms with Gasteiger partial charge in [0.05, 0.1) is 12.1 Å². The summed E-state index contributed by atoms with van der Waals surface area (Å²) >= 11 is 0. The van der Waals surface area contributed by atoms with Gasteiger partial charge in [-0.05, 0) is 31.0 Å². The molecule has 0 aliphatic rings. The Bertz CT molecular complexity index is 555. The van der Waals surface area contributed by atoms with Crippen molar-refractivity contribution in [1.29, 1.82) is 0 Å². The van der Waals surface area contributed by atoms with Gasteiger partial charge in [-0.15, -0.1) is 0 Å². The summed E-state index contributed by atoms with van der Waals surface area (Å²) in [5.41, 5.74) is -0.127. The number of halogens is 6. The van der Waals surface area contributed by atoms with Crippen LogP contribution in [0.3, 0.4) is 0 Å². The summed E-state index contributed by atoms with van der Waals surface area (Å²) in [5, 5.41) is 5.86. The molecule has 0 aromatic heterocycles. The van der Waals surface area contributed by atoms with Crippen molar-refractivity contribution in [3.63, 3.8) is 0 Å². The quantitative estimate of drug-likeness (QED) is 0.310. The smallest absolute Gasteiger partial charge is 0.372 e. The molecule has 148 valence electrons. The third-order valence-electron chi connectivity index (χ3n) is 3.07. The Kier molecular flexibility index (Phi) is 8.70. The van der Waals surface area contributed by atoms with E-state index in [1.807, 2.05) is 6.92 Å². The lowest BCUT2D eigenvalue weighted by atomic mass is 10.1. The summed E-state index contributed by atoms with van der Waals surface area (Å²) in [6, 6.07) is 4.67. The minimum absolute atomic E-state index is 0.0508. The maximum absolute atomic E-state index is 12.5. The van der Waals surface area contributed by atoms with E-state index in [0.717, 1.165) is 12.1 Å². The molecule has 0 radical (unpaired) electrons. The van der Waals surface area contributed by atoms with Gasteiger partial charge in [0.15, 0.2) is 5.96 Å². The molecular weight excluding hydrogens is 364 g/mol. The van der Waals surface area contributed by atoms with E-state index in [4.69, 9.17) is 0 Å². The van der Waals surface area contributed by atoms with Crippen molar-refractivity contribution in [1.82, 2.24) is 10.6 Å². The molecule has 0 amide bonds. The second-order valence-corrected chi connectivity index (χ2v) is 5.34. The highest BCUT2D eigenvalue weighted by Gasteiger charge is 2.29. The molecule has 0 saturated heterocycles. The van der Waals surface area contributed by atoms with Crippen LogP contribution in [0.2, 0.25) is 0 Å². The SMILES string of the molecule is CCNC(=NCc1ccc(C(F)(F)F)cc1)NCCCOCC(F)(F)F. The van der Waals surface area contributed by atoms with Crippen LogP contribution in [0.25, 0.3) is 0 Å². The largest absolute Gasteiger partial charge is 0.416 e. The third-order valence-corrected chi connectivity index (χ3v) is 3.07. The molecular formula is C16H21F6N3O. The molecule has 0 aliphatic carbocycles. The lowest BCUT2D eigenvalue weighted by molar-refractivity contribution is -0.173. The van der Waals surface area contributed by atoms with Crippen molar-refractivity contribution in [2.75, 3.05) is 26.3 Å². The second kappa shape index (κ2) is 10.2. The van der Waals surface area contributed by atoms with Crippen molar-refractivity contribution in [2.24, 2.45) is 4.99 Å². The monoisotopic (exact) mass is 385 g/mol. The van der Waals surface area contributed by atoms with Crippen LogP contribution in [-0.2, 0) is 17.5 Å². The van der Waals surface area contributed by atoms with Crippen LogP contribution in [-0.4, -0.2) is 38.4 Å². The van der Waals surface area contributed by atoms with E-state index in [1.165, 1.54) is 12.1 Å². The van der Waals surface area contributed by atoms with Crippen molar-refractivity contribution >= 4 is 5.96 Å². The highest BCUT2D eigenvalue weighted by Crippen LogP contribution is 2.29. The lowest BCUT2D eigenvalue weighted by Crippen LogP contribution is -2.38. The number of nitrogens with zero attached hydrogens (tertiary/aromatic N) is 1. The molecule has 2 N–H and O–H groups in total. The number of guanidine groups is 1. The Morgan fingerprint density at radius 1 is 1.04 bits per heavy atom. The maximum atomic E-state index is 12.5. The minimum Gasteiger partial charge on any atom is -0.372 e. The molecule has 0 bridgehead atoms. The molecule has 4 nitrogen and oxygen atoms in total. The van der Waals surface area contributed by atoms with Gasteiger partial charge in [0.25, 0.3) is 0 Å². The Morgan fingerprint density at radius 3 is 2.23 bits per heavy atom. The zero-order chi connectivity index (χ0) is 19.6. The van der Waals surface area contributed by atoms with Gasteiger partial charge in [0.2, 0.25) is 0 Å². The predicted octanol–water partition coefficient (Wildman–Crippen LogP) is 3.73. The van der Waals surface area contributed by atoms with Gasteiger partial charge in [-0.1, -0.05) is 12.1 Å². The average Bonchev–Trinajstić information content (AvgIpc) is 2.54. The fraction of sp³-hybridized carbons (Fsp3) is 0.562. The van der Waals surface area contributed by atoms with Crippen molar-refractivity contribution in [3.8, 4) is 0 Å². The van der Waals surface area contributed by atoms with E-state index < -0.39 is 24.5 Å². The Hall–Kier alpha value is -1.97. The molecule has 1 rings (SSSR count). The number of aliphatic imine (C=N–C) groups is 1. The molecule has 0 heterocycles. The fourth-order valence-electron chi connectivity index (χ4n) is 1.88. The predicted molar refractivity (Wildman–Crippen MR) is 85.8 cm³/mol. The van der Waals surface area contributed by atoms with E-state index >= 15 is 0 Å². The van der Waals surface area contributed by atoms with Crippen LogP contribution in [0.15, 0.2) is 29.3 Å².